The van der Waals surface area contributed by atoms with E-state index in [1.54, 1.807) is 6.07 Å². The number of benzene rings is 1. The third-order valence-corrected chi connectivity index (χ3v) is 3.54. The molecule has 1 N–H and O–H groups in total. The zero-order valence-corrected chi connectivity index (χ0v) is 13.7. The van der Waals surface area contributed by atoms with E-state index in [-0.39, 0.29) is 12.5 Å². The Kier molecular flexibility index (Phi) is 5.00. The Morgan fingerprint density at radius 2 is 2.05 bits per heavy atom. The van der Waals surface area contributed by atoms with E-state index in [0.717, 1.165) is 0 Å². The largest absolute Gasteiger partial charge is 0.444 e. The van der Waals surface area contributed by atoms with Crippen LogP contribution >= 0.6 is 11.6 Å². The summed E-state index contributed by atoms with van der Waals surface area (Å²) in [5.41, 5.74) is 0.163. The quantitative estimate of drug-likeness (QED) is 0.747. The van der Waals surface area contributed by atoms with Crippen LogP contribution in [-0.4, -0.2) is 40.9 Å². The molecule has 0 saturated carbocycles. The van der Waals surface area contributed by atoms with E-state index in [0.29, 0.717) is 17.1 Å². The molecule has 2 rings (SSSR count). The SMILES string of the molecule is CC(C)(C)OC(=O)N1C[C@@H](O)[C@H](C#Cc2ccccc2Cl)C1. The van der Waals surface area contributed by atoms with E-state index in [2.05, 4.69) is 11.8 Å². The molecule has 4 nitrogen and oxygen atoms in total. The number of nitrogens with zero attached hydrogens (tertiary/aromatic N) is 1. The van der Waals surface area contributed by atoms with Crippen LogP contribution in [0.2, 0.25) is 5.02 Å². The van der Waals surface area contributed by atoms with Crippen molar-refractivity contribution < 1.29 is 14.6 Å². The smallest absolute Gasteiger partial charge is 0.410 e. The van der Waals surface area contributed by atoms with Crippen molar-refractivity contribution in [2.75, 3.05) is 13.1 Å². The summed E-state index contributed by atoms with van der Waals surface area (Å²) in [4.78, 5) is 13.5. The van der Waals surface area contributed by atoms with Crippen LogP contribution in [0.25, 0.3) is 0 Å². The van der Waals surface area contributed by atoms with Gasteiger partial charge in [-0.2, -0.15) is 0 Å². The molecule has 1 fully saturated rings. The van der Waals surface area contributed by atoms with Gasteiger partial charge in [-0.3, -0.25) is 0 Å². The number of carbonyl (C=O) groups excluding carboxylic acids is 1. The molecule has 1 heterocycles. The average Bonchev–Trinajstić information content (AvgIpc) is 2.78. The molecule has 1 aromatic carbocycles. The summed E-state index contributed by atoms with van der Waals surface area (Å²) in [6.07, 6.45) is -1.10. The highest BCUT2D eigenvalue weighted by molar-refractivity contribution is 6.31. The average molecular weight is 322 g/mol. The summed E-state index contributed by atoms with van der Waals surface area (Å²) >= 11 is 6.05. The van der Waals surface area contributed by atoms with Gasteiger partial charge in [-0.1, -0.05) is 35.6 Å². The van der Waals surface area contributed by atoms with Crippen molar-refractivity contribution in [1.29, 1.82) is 0 Å². The third-order valence-electron chi connectivity index (χ3n) is 3.21. The van der Waals surface area contributed by atoms with Crippen LogP contribution in [0.3, 0.4) is 0 Å². The van der Waals surface area contributed by atoms with E-state index >= 15 is 0 Å². The number of hydrogen-bond acceptors (Lipinski definition) is 3. The van der Waals surface area contributed by atoms with E-state index in [4.69, 9.17) is 16.3 Å². The van der Waals surface area contributed by atoms with E-state index in [9.17, 15) is 9.90 Å². The van der Waals surface area contributed by atoms with Gasteiger partial charge in [0.05, 0.1) is 23.6 Å². The van der Waals surface area contributed by atoms with Crippen molar-refractivity contribution in [2.45, 2.75) is 32.5 Å². The first-order valence-electron chi connectivity index (χ1n) is 7.18. The molecule has 0 unspecified atom stereocenters. The van der Waals surface area contributed by atoms with Crippen molar-refractivity contribution in [1.82, 2.24) is 4.90 Å². The molecule has 1 saturated heterocycles. The van der Waals surface area contributed by atoms with Crippen molar-refractivity contribution in [3.8, 4) is 11.8 Å². The molecule has 1 aliphatic heterocycles. The summed E-state index contributed by atoms with van der Waals surface area (Å²) in [6.45, 7) is 6.02. The molecule has 2 atom stereocenters. The third kappa shape index (κ3) is 4.40. The number of rotatable bonds is 0. The molecular weight excluding hydrogens is 302 g/mol. The summed E-state index contributed by atoms with van der Waals surface area (Å²) < 4.78 is 5.31. The van der Waals surface area contributed by atoms with Gasteiger partial charge in [0, 0.05) is 12.1 Å². The van der Waals surface area contributed by atoms with Crippen molar-refractivity contribution >= 4 is 17.7 Å². The fourth-order valence-corrected chi connectivity index (χ4v) is 2.32. The monoisotopic (exact) mass is 321 g/mol. The highest BCUT2D eigenvalue weighted by Crippen LogP contribution is 2.20. The lowest BCUT2D eigenvalue weighted by Crippen LogP contribution is -2.35. The number of hydrogen-bond donors (Lipinski definition) is 1. The maximum absolute atomic E-state index is 12.0. The summed E-state index contributed by atoms with van der Waals surface area (Å²) in [7, 11) is 0. The number of β-amino-alcohol motifs (C(OH)–C–C–N with tert-alkyl or cyclic N) is 1. The Balaban J connectivity index is 2.03. The molecule has 1 aromatic rings. The van der Waals surface area contributed by atoms with Crippen LogP contribution in [-0.2, 0) is 4.74 Å². The van der Waals surface area contributed by atoms with Gasteiger partial charge in [-0.05, 0) is 32.9 Å². The van der Waals surface area contributed by atoms with E-state index in [1.807, 2.05) is 39.0 Å². The van der Waals surface area contributed by atoms with Gasteiger partial charge in [-0.25, -0.2) is 4.79 Å². The predicted molar refractivity (Wildman–Crippen MR) is 85.6 cm³/mol. The fraction of sp³-hybridized carbons (Fsp3) is 0.471. The molecule has 0 bridgehead atoms. The molecule has 5 heteroatoms. The van der Waals surface area contributed by atoms with Gasteiger partial charge in [0.1, 0.15) is 5.60 Å². The minimum atomic E-state index is -0.678. The van der Waals surface area contributed by atoms with Gasteiger partial charge in [0.25, 0.3) is 0 Å². The molecule has 0 aliphatic carbocycles. The summed E-state index contributed by atoms with van der Waals surface area (Å²) in [5, 5.41) is 10.6. The van der Waals surface area contributed by atoms with E-state index < -0.39 is 17.8 Å². The predicted octanol–water partition coefficient (Wildman–Crippen LogP) is 2.92. The Bertz CT molecular complexity index is 612. The molecule has 22 heavy (non-hydrogen) atoms. The molecule has 0 radical (unpaired) electrons. The van der Waals surface area contributed by atoms with Crippen LogP contribution in [0.15, 0.2) is 24.3 Å². The highest BCUT2D eigenvalue weighted by Gasteiger charge is 2.35. The number of ether oxygens (including phenoxy) is 1. The zero-order valence-electron chi connectivity index (χ0n) is 13.0. The standard InChI is InChI=1S/C17H20ClNO3/c1-17(2,3)22-16(21)19-10-13(15(20)11-19)9-8-12-6-4-5-7-14(12)18/h4-7,13,15,20H,10-11H2,1-3H3/t13-,15-/m1/s1. The van der Waals surface area contributed by atoms with Gasteiger partial charge >= 0.3 is 6.09 Å². The fourth-order valence-electron chi connectivity index (χ4n) is 2.14. The minimum absolute atomic E-state index is 0.233. The number of aliphatic hydroxyl groups excluding tert-OH is 1. The molecule has 0 aromatic heterocycles. The minimum Gasteiger partial charge on any atom is -0.444 e. The van der Waals surface area contributed by atoms with Crippen LogP contribution < -0.4 is 0 Å². The zero-order chi connectivity index (χ0) is 16.3. The second kappa shape index (κ2) is 6.60. The first kappa shape index (κ1) is 16.7. The Hall–Kier alpha value is -1.70. The van der Waals surface area contributed by atoms with E-state index in [1.165, 1.54) is 4.90 Å². The maximum atomic E-state index is 12.0. The van der Waals surface area contributed by atoms with Crippen LogP contribution in [0, 0.1) is 17.8 Å². The van der Waals surface area contributed by atoms with Crippen LogP contribution in [0.5, 0.6) is 0 Å². The Labute approximate surface area is 136 Å². The van der Waals surface area contributed by atoms with Crippen LogP contribution in [0.1, 0.15) is 26.3 Å². The first-order valence-corrected chi connectivity index (χ1v) is 7.56. The number of likely N-dealkylation sites (tertiary alicyclic amines) is 1. The number of halogens is 1. The molecular formula is C17H20ClNO3. The van der Waals surface area contributed by atoms with Crippen molar-refractivity contribution in [3.05, 3.63) is 34.9 Å². The van der Waals surface area contributed by atoms with Gasteiger partial charge in [-0.15, -0.1) is 0 Å². The topological polar surface area (TPSA) is 49.8 Å². The summed E-state index contributed by atoms with van der Waals surface area (Å²) in [6, 6.07) is 7.28. The molecule has 118 valence electrons. The first-order chi connectivity index (χ1) is 10.3. The Morgan fingerprint density at radius 1 is 1.36 bits per heavy atom. The molecule has 1 aliphatic rings. The number of carbonyl (C=O) groups is 1. The summed E-state index contributed by atoms with van der Waals surface area (Å²) in [5.74, 6) is 5.67. The lowest BCUT2D eigenvalue weighted by atomic mass is 10.1. The Morgan fingerprint density at radius 3 is 2.68 bits per heavy atom. The second-order valence-corrected chi connectivity index (χ2v) is 6.72. The van der Waals surface area contributed by atoms with Gasteiger partial charge < -0.3 is 14.7 Å². The van der Waals surface area contributed by atoms with Crippen LogP contribution in [0.4, 0.5) is 4.79 Å². The number of amides is 1. The second-order valence-electron chi connectivity index (χ2n) is 6.31. The van der Waals surface area contributed by atoms with Crippen molar-refractivity contribution in [3.63, 3.8) is 0 Å². The lowest BCUT2D eigenvalue weighted by molar-refractivity contribution is 0.0270. The number of aliphatic hydroxyl groups is 1. The normalized spacial score (nSPS) is 21.2. The molecule has 0 spiro atoms. The van der Waals surface area contributed by atoms with Gasteiger partial charge in [0.2, 0.25) is 0 Å². The highest BCUT2D eigenvalue weighted by atomic mass is 35.5. The molecule has 1 amide bonds. The maximum Gasteiger partial charge on any atom is 0.410 e. The van der Waals surface area contributed by atoms with Crippen molar-refractivity contribution in [2.24, 2.45) is 5.92 Å². The lowest BCUT2D eigenvalue weighted by Gasteiger charge is -2.24. The van der Waals surface area contributed by atoms with Gasteiger partial charge in [0.15, 0.2) is 0 Å².